The van der Waals surface area contributed by atoms with Gasteiger partial charge in [0.15, 0.2) is 0 Å². The number of nitrogens with zero attached hydrogens (tertiary/aromatic N) is 3. The third-order valence-electron chi connectivity index (χ3n) is 4.47. The van der Waals surface area contributed by atoms with Gasteiger partial charge in [-0.1, -0.05) is 6.07 Å². The molecule has 1 fully saturated rings. The first kappa shape index (κ1) is 19.9. The Bertz CT molecular complexity index is 654. The van der Waals surface area contributed by atoms with Gasteiger partial charge < -0.3 is 15.5 Å². The number of hydrogen-bond acceptors (Lipinski definition) is 5. The molecule has 0 aromatic carbocycles. The lowest BCUT2D eigenvalue weighted by molar-refractivity contribution is -0.131. The molecule has 0 bridgehead atoms. The number of nitrogens with one attached hydrogen (secondary N) is 2. The summed E-state index contributed by atoms with van der Waals surface area (Å²) in [4.78, 5) is 30.3. The fraction of sp³-hybridized carbons (Fsp3) is 0.579. The number of nitriles is 1. The number of aromatic nitrogens is 1. The average Bonchev–Trinajstić information content (AvgIpc) is 3.09. The Balaban J connectivity index is 1.70. The Morgan fingerprint density at radius 2 is 2.23 bits per heavy atom. The molecular formula is C19H27N5O2. The monoisotopic (exact) mass is 357 g/mol. The molecule has 7 nitrogen and oxygen atoms in total. The molecule has 140 valence electrons. The van der Waals surface area contributed by atoms with E-state index in [4.69, 9.17) is 5.26 Å². The number of pyridine rings is 1. The van der Waals surface area contributed by atoms with Crippen molar-refractivity contribution in [3.8, 4) is 6.07 Å². The Hall–Kier alpha value is -2.46. The van der Waals surface area contributed by atoms with Crippen LogP contribution in [0.4, 0.5) is 0 Å². The zero-order chi connectivity index (χ0) is 19.0. The van der Waals surface area contributed by atoms with Crippen molar-refractivity contribution < 1.29 is 9.59 Å². The summed E-state index contributed by atoms with van der Waals surface area (Å²) in [6, 6.07) is 7.56. The number of amides is 2. The maximum absolute atomic E-state index is 12.3. The van der Waals surface area contributed by atoms with Crippen molar-refractivity contribution in [1.29, 1.82) is 5.26 Å². The van der Waals surface area contributed by atoms with E-state index in [-0.39, 0.29) is 30.8 Å². The van der Waals surface area contributed by atoms with Gasteiger partial charge in [-0.05, 0) is 38.8 Å². The second-order valence-corrected chi connectivity index (χ2v) is 7.21. The van der Waals surface area contributed by atoms with Gasteiger partial charge >= 0.3 is 0 Å². The van der Waals surface area contributed by atoms with E-state index in [1.807, 2.05) is 32.0 Å². The molecule has 1 atom stereocenters. The minimum atomic E-state index is -0.507. The molecule has 1 aliphatic rings. The summed E-state index contributed by atoms with van der Waals surface area (Å²) in [5.74, 6) is -0.153. The van der Waals surface area contributed by atoms with Crippen LogP contribution in [-0.2, 0) is 16.0 Å². The van der Waals surface area contributed by atoms with Gasteiger partial charge in [0.05, 0.1) is 12.6 Å². The van der Waals surface area contributed by atoms with E-state index in [1.54, 1.807) is 11.1 Å². The first-order valence-corrected chi connectivity index (χ1v) is 9.02. The fourth-order valence-corrected chi connectivity index (χ4v) is 3.02. The smallest absolute Gasteiger partial charge is 0.237 e. The molecule has 2 rings (SSSR count). The van der Waals surface area contributed by atoms with Crippen LogP contribution in [0.2, 0.25) is 0 Å². The van der Waals surface area contributed by atoms with Crippen LogP contribution in [0.1, 0.15) is 38.8 Å². The first-order valence-electron chi connectivity index (χ1n) is 9.02. The largest absolute Gasteiger partial charge is 0.356 e. The molecule has 2 heterocycles. The molecule has 26 heavy (non-hydrogen) atoms. The first-order chi connectivity index (χ1) is 12.4. The van der Waals surface area contributed by atoms with E-state index in [0.29, 0.717) is 19.5 Å². The molecule has 0 aliphatic carbocycles. The van der Waals surface area contributed by atoms with Crippen LogP contribution in [0.15, 0.2) is 24.4 Å². The van der Waals surface area contributed by atoms with Crippen LogP contribution >= 0.6 is 0 Å². The van der Waals surface area contributed by atoms with Crippen LogP contribution in [0.25, 0.3) is 0 Å². The van der Waals surface area contributed by atoms with Gasteiger partial charge in [0, 0.05) is 43.4 Å². The standard InChI is InChI=1S/C19H27N5O2/c1-19(2,23-14-18(26)24-11-5-7-16(24)13-20)12-17(25)22-10-8-15-6-3-4-9-21-15/h3-4,6,9,16,23H,5,7-8,10-12,14H2,1-2H3,(H,22,25). The summed E-state index contributed by atoms with van der Waals surface area (Å²) in [5.41, 5.74) is 0.431. The number of carbonyl (C=O) groups is 2. The minimum absolute atomic E-state index is 0.0676. The molecule has 1 aliphatic heterocycles. The van der Waals surface area contributed by atoms with E-state index in [2.05, 4.69) is 21.7 Å². The Morgan fingerprint density at radius 1 is 1.42 bits per heavy atom. The third-order valence-corrected chi connectivity index (χ3v) is 4.47. The van der Waals surface area contributed by atoms with E-state index in [9.17, 15) is 9.59 Å². The van der Waals surface area contributed by atoms with E-state index >= 15 is 0 Å². The van der Waals surface area contributed by atoms with Crippen molar-refractivity contribution >= 4 is 11.8 Å². The van der Waals surface area contributed by atoms with E-state index in [1.165, 1.54) is 0 Å². The topological polar surface area (TPSA) is 98.1 Å². The quantitative estimate of drug-likeness (QED) is 0.724. The Morgan fingerprint density at radius 3 is 2.92 bits per heavy atom. The maximum Gasteiger partial charge on any atom is 0.237 e. The molecule has 1 aromatic heterocycles. The van der Waals surface area contributed by atoms with Gasteiger partial charge in [-0.25, -0.2) is 0 Å². The fourth-order valence-electron chi connectivity index (χ4n) is 3.02. The normalized spacial score (nSPS) is 17.0. The van der Waals surface area contributed by atoms with Crippen molar-refractivity contribution in [3.05, 3.63) is 30.1 Å². The summed E-state index contributed by atoms with van der Waals surface area (Å²) in [5, 5.41) is 15.1. The summed E-state index contributed by atoms with van der Waals surface area (Å²) in [7, 11) is 0. The highest BCUT2D eigenvalue weighted by molar-refractivity contribution is 5.80. The van der Waals surface area contributed by atoms with Crippen LogP contribution in [0, 0.1) is 11.3 Å². The van der Waals surface area contributed by atoms with Gasteiger partial charge in [0.25, 0.3) is 0 Å². The molecule has 2 amide bonds. The molecule has 1 aromatic rings. The highest BCUT2D eigenvalue weighted by Crippen LogP contribution is 2.16. The van der Waals surface area contributed by atoms with Crippen molar-refractivity contribution in [2.24, 2.45) is 0 Å². The SMILES string of the molecule is CC(C)(CC(=O)NCCc1ccccn1)NCC(=O)N1CCCC1C#N. The summed E-state index contributed by atoms with van der Waals surface area (Å²) in [6.45, 7) is 5.08. The lowest BCUT2D eigenvalue weighted by Crippen LogP contribution is -2.49. The van der Waals surface area contributed by atoms with Gasteiger partial charge in [0.2, 0.25) is 11.8 Å². The number of carbonyl (C=O) groups excluding carboxylic acids is 2. The van der Waals surface area contributed by atoms with Crippen molar-refractivity contribution in [1.82, 2.24) is 20.5 Å². The molecule has 7 heteroatoms. The molecule has 1 saturated heterocycles. The van der Waals surface area contributed by atoms with Gasteiger partial charge in [-0.15, -0.1) is 0 Å². The average molecular weight is 357 g/mol. The molecule has 0 radical (unpaired) electrons. The molecule has 0 spiro atoms. The highest BCUT2D eigenvalue weighted by atomic mass is 16.2. The Labute approximate surface area is 154 Å². The molecule has 0 saturated carbocycles. The summed E-state index contributed by atoms with van der Waals surface area (Å²) < 4.78 is 0. The predicted molar refractivity (Wildman–Crippen MR) is 98.0 cm³/mol. The summed E-state index contributed by atoms with van der Waals surface area (Å²) in [6.07, 6.45) is 4.29. The van der Waals surface area contributed by atoms with Crippen LogP contribution in [-0.4, -0.2) is 52.9 Å². The molecular weight excluding hydrogens is 330 g/mol. The lowest BCUT2D eigenvalue weighted by atomic mass is 10.00. The molecule has 1 unspecified atom stereocenters. The zero-order valence-electron chi connectivity index (χ0n) is 15.5. The van der Waals surface area contributed by atoms with Crippen molar-refractivity contribution in [2.45, 2.75) is 51.1 Å². The van der Waals surface area contributed by atoms with Crippen molar-refractivity contribution in [2.75, 3.05) is 19.6 Å². The summed E-state index contributed by atoms with van der Waals surface area (Å²) >= 11 is 0. The highest BCUT2D eigenvalue weighted by Gasteiger charge is 2.30. The van der Waals surface area contributed by atoms with Crippen LogP contribution < -0.4 is 10.6 Å². The van der Waals surface area contributed by atoms with E-state index < -0.39 is 5.54 Å². The van der Waals surface area contributed by atoms with Gasteiger partial charge in [-0.3, -0.25) is 14.6 Å². The third kappa shape index (κ3) is 6.12. The van der Waals surface area contributed by atoms with Crippen molar-refractivity contribution in [3.63, 3.8) is 0 Å². The maximum atomic E-state index is 12.3. The number of hydrogen-bond donors (Lipinski definition) is 2. The van der Waals surface area contributed by atoms with E-state index in [0.717, 1.165) is 18.5 Å². The predicted octanol–water partition coefficient (Wildman–Crippen LogP) is 1.01. The second kappa shape index (κ2) is 9.30. The van der Waals surface area contributed by atoms with Gasteiger partial charge in [-0.2, -0.15) is 5.26 Å². The van der Waals surface area contributed by atoms with Crippen LogP contribution in [0.5, 0.6) is 0 Å². The lowest BCUT2D eigenvalue weighted by Gasteiger charge is -2.27. The van der Waals surface area contributed by atoms with Crippen LogP contribution in [0.3, 0.4) is 0 Å². The van der Waals surface area contributed by atoms with Gasteiger partial charge in [0.1, 0.15) is 6.04 Å². The number of likely N-dealkylation sites (tertiary alicyclic amines) is 1. The second-order valence-electron chi connectivity index (χ2n) is 7.21. The minimum Gasteiger partial charge on any atom is -0.356 e. The molecule has 2 N–H and O–H groups in total. The number of rotatable bonds is 8. The zero-order valence-corrected chi connectivity index (χ0v) is 15.5. The Kier molecular flexibility index (Phi) is 7.10.